The van der Waals surface area contributed by atoms with E-state index in [9.17, 15) is 4.79 Å². The molecule has 2 rings (SSSR count). The van der Waals surface area contributed by atoms with Crippen molar-refractivity contribution in [1.29, 1.82) is 0 Å². The number of rotatable bonds is 7. The summed E-state index contributed by atoms with van der Waals surface area (Å²) in [6.07, 6.45) is 0. The van der Waals surface area contributed by atoms with Crippen molar-refractivity contribution in [3.63, 3.8) is 0 Å². The Balaban J connectivity index is 0.00000264. The van der Waals surface area contributed by atoms with Crippen LogP contribution in [-0.2, 0) is 11.3 Å². The van der Waals surface area contributed by atoms with Crippen molar-refractivity contribution in [2.45, 2.75) is 26.4 Å². The van der Waals surface area contributed by atoms with Gasteiger partial charge in [0.15, 0.2) is 0 Å². The van der Waals surface area contributed by atoms with E-state index < -0.39 is 0 Å². The average molecular weight is 359 g/mol. The summed E-state index contributed by atoms with van der Waals surface area (Å²) >= 11 is 5.84. The van der Waals surface area contributed by atoms with Gasteiger partial charge in [0.1, 0.15) is 6.54 Å². The third-order valence-corrected chi connectivity index (χ3v) is 3.25. The number of aromatic nitrogens is 4. The standard InChI is InChI=1S/C14H19ClN6O.ClH/c1-3-16-10(2)8-17-13(22)9-21-19-14(18-20-21)11-4-6-12(15)7-5-11;/h4-7,10,16H,3,8-9H2,1-2H3,(H,17,22);1H/t10-;/m1./s1. The maximum atomic E-state index is 11.8. The fourth-order valence-corrected chi connectivity index (χ4v) is 2.02. The lowest BCUT2D eigenvalue weighted by Gasteiger charge is -2.12. The molecule has 1 heterocycles. The van der Waals surface area contributed by atoms with Gasteiger partial charge in [-0.1, -0.05) is 18.5 Å². The van der Waals surface area contributed by atoms with E-state index in [2.05, 4.69) is 26.0 Å². The minimum Gasteiger partial charge on any atom is -0.353 e. The van der Waals surface area contributed by atoms with Gasteiger partial charge in [0, 0.05) is 23.2 Å². The number of nitrogens with zero attached hydrogens (tertiary/aromatic N) is 4. The van der Waals surface area contributed by atoms with Gasteiger partial charge in [-0.2, -0.15) is 4.80 Å². The fraction of sp³-hybridized carbons (Fsp3) is 0.429. The van der Waals surface area contributed by atoms with Crippen LogP contribution in [0.2, 0.25) is 5.02 Å². The first-order valence-corrected chi connectivity index (χ1v) is 7.50. The second-order valence-electron chi connectivity index (χ2n) is 4.91. The zero-order chi connectivity index (χ0) is 15.9. The highest BCUT2D eigenvalue weighted by molar-refractivity contribution is 6.30. The highest BCUT2D eigenvalue weighted by Gasteiger charge is 2.10. The second kappa shape index (κ2) is 9.44. The molecular formula is C14H20Cl2N6O. The topological polar surface area (TPSA) is 84.7 Å². The molecule has 0 saturated heterocycles. The van der Waals surface area contributed by atoms with Gasteiger partial charge in [0.25, 0.3) is 0 Å². The molecule has 2 aromatic rings. The van der Waals surface area contributed by atoms with Gasteiger partial charge < -0.3 is 10.6 Å². The number of amides is 1. The van der Waals surface area contributed by atoms with Gasteiger partial charge in [0.2, 0.25) is 11.7 Å². The van der Waals surface area contributed by atoms with Gasteiger partial charge in [-0.05, 0) is 42.9 Å². The number of nitrogens with one attached hydrogen (secondary N) is 2. The van der Waals surface area contributed by atoms with Crippen LogP contribution in [0.15, 0.2) is 24.3 Å². The summed E-state index contributed by atoms with van der Waals surface area (Å²) in [5.41, 5.74) is 0.803. The molecule has 0 unspecified atom stereocenters. The molecule has 0 aliphatic heterocycles. The van der Waals surface area contributed by atoms with Crippen molar-refractivity contribution < 1.29 is 4.79 Å². The molecule has 1 aromatic carbocycles. The number of benzene rings is 1. The van der Waals surface area contributed by atoms with E-state index in [4.69, 9.17) is 11.6 Å². The molecule has 0 aliphatic carbocycles. The molecule has 7 nitrogen and oxygen atoms in total. The van der Waals surface area contributed by atoms with E-state index in [1.807, 2.05) is 26.0 Å². The predicted molar refractivity (Wildman–Crippen MR) is 91.7 cm³/mol. The van der Waals surface area contributed by atoms with Crippen molar-refractivity contribution >= 4 is 29.9 Å². The molecule has 0 saturated carbocycles. The van der Waals surface area contributed by atoms with Gasteiger partial charge in [-0.25, -0.2) is 0 Å². The molecule has 0 bridgehead atoms. The molecular weight excluding hydrogens is 339 g/mol. The van der Waals surface area contributed by atoms with E-state index in [0.717, 1.165) is 12.1 Å². The highest BCUT2D eigenvalue weighted by Crippen LogP contribution is 2.16. The summed E-state index contributed by atoms with van der Waals surface area (Å²) in [4.78, 5) is 13.1. The molecule has 1 aromatic heterocycles. The molecule has 0 fully saturated rings. The summed E-state index contributed by atoms with van der Waals surface area (Å²) in [5, 5.41) is 18.7. The van der Waals surface area contributed by atoms with Crippen LogP contribution in [0.5, 0.6) is 0 Å². The first-order valence-electron chi connectivity index (χ1n) is 7.12. The summed E-state index contributed by atoms with van der Waals surface area (Å²) in [6, 6.07) is 7.35. The number of hydrogen-bond donors (Lipinski definition) is 2. The second-order valence-corrected chi connectivity index (χ2v) is 5.35. The molecule has 0 spiro atoms. The average Bonchev–Trinajstić information content (AvgIpc) is 2.95. The molecule has 23 heavy (non-hydrogen) atoms. The Morgan fingerprint density at radius 2 is 2.04 bits per heavy atom. The maximum absolute atomic E-state index is 11.8. The summed E-state index contributed by atoms with van der Waals surface area (Å²) in [6.45, 7) is 5.50. The first-order chi connectivity index (χ1) is 10.6. The minimum atomic E-state index is -0.148. The predicted octanol–water partition coefficient (Wildman–Crippen LogP) is 1.53. The highest BCUT2D eigenvalue weighted by atomic mass is 35.5. The number of tetrazole rings is 1. The molecule has 9 heteroatoms. The number of likely N-dealkylation sites (N-methyl/N-ethyl adjacent to an activating group) is 1. The Bertz CT molecular complexity index is 616. The van der Waals surface area contributed by atoms with E-state index in [1.165, 1.54) is 4.80 Å². The number of carbonyl (C=O) groups excluding carboxylic acids is 1. The van der Waals surface area contributed by atoms with Crippen LogP contribution in [0.25, 0.3) is 11.4 Å². The van der Waals surface area contributed by atoms with E-state index in [1.54, 1.807) is 12.1 Å². The first kappa shape index (κ1) is 19.3. The zero-order valence-electron chi connectivity index (χ0n) is 13.0. The van der Waals surface area contributed by atoms with Crippen molar-refractivity contribution in [3.05, 3.63) is 29.3 Å². The Hall–Kier alpha value is -1.70. The molecule has 1 atom stereocenters. The Morgan fingerprint density at radius 1 is 1.35 bits per heavy atom. The molecule has 0 aliphatic rings. The van der Waals surface area contributed by atoms with Crippen molar-refractivity contribution in [3.8, 4) is 11.4 Å². The summed E-state index contributed by atoms with van der Waals surface area (Å²) in [7, 11) is 0. The van der Waals surface area contributed by atoms with Crippen LogP contribution in [0, 0.1) is 0 Å². The Labute approximate surface area is 146 Å². The lowest BCUT2D eigenvalue weighted by Crippen LogP contribution is -2.40. The Morgan fingerprint density at radius 3 is 2.70 bits per heavy atom. The van der Waals surface area contributed by atoms with Crippen LogP contribution < -0.4 is 10.6 Å². The van der Waals surface area contributed by atoms with Gasteiger partial charge >= 0.3 is 0 Å². The number of halogens is 2. The van der Waals surface area contributed by atoms with Crippen molar-refractivity contribution in [2.75, 3.05) is 13.1 Å². The van der Waals surface area contributed by atoms with E-state index in [-0.39, 0.29) is 30.9 Å². The maximum Gasteiger partial charge on any atom is 0.243 e. The van der Waals surface area contributed by atoms with Gasteiger partial charge in [-0.15, -0.1) is 22.6 Å². The Kier molecular flexibility index (Phi) is 7.94. The largest absolute Gasteiger partial charge is 0.353 e. The fourth-order valence-electron chi connectivity index (χ4n) is 1.90. The molecule has 2 N–H and O–H groups in total. The third kappa shape index (κ3) is 6.13. The van der Waals surface area contributed by atoms with Crippen LogP contribution in [0.3, 0.4) is 0 Å². The van der Waals surface area contributed by atoms with Crippen LogP contribution in [0.1, 0.15) is 13.8 Å². The van der Waals surface area contributed by atoms with E-state index in [0.29, 0.717) is 17.4 Å². The number of carbonyl (C=O) groups is 1. The normalized spacial score (nSPS) is 11.6. The quantitative estimate of drug-likeness (QED) is 0.783. The monoisotopic (exact) mass is 358 g/mol. The summed E-state index contributed by atoms with van der Waals surface area (Å²) in [5.74, 6) is 0.315. The molecule has 0 radical (unpaired) electrons. The third-order valence-electron chi connectivity index (χ3n) is 3.00. The zero-order valence-corrected chi connectivity index (χ0v) is 14.6. The van der Waals surface area contributed by atoms with Crippen molar-refractivity contribution in [1.82, 2.24) is 30.8 Å². The van der Waals surface area contributed by atoms with Crippen molar-refractivity contribution in [2.24, 2.45) is 0 Å². The van der Waals surface area contributed by atoms with Crippen LogP contribution >= 0.6 is 24.0 Å². The minimum absolute atomic E-state index is 0. The van der Waals surface area contributed by atoms with E-state index >= 15 is 0 Å². The summed E-state index contributed by atoms with van der Waals surface area (Å²) < 4.78 is 0. The molecule has 1 amide bonds. The molecule has 126 valence electrons. The SMILES string of the molecule is CCN[C@H](C)CNC(=O)Cn1nnc(-c2ccc(Cl)cc2)n1.Cl. The van der Waals surface area contributed by atoms with Crippen LogP contribution in [-0.4, -0.2) is 45.2 Å². The van der Waals surface area contributed by atoms with Gasteiger partial charge in [0.05, 0.1) is 0 Å². The lowest BCUT2D eigenvalue weighted by atomic mass is 10.2. The number of hydrogen-bond acceptors (Lipinski definition) is 5. The lowest BCUT2D eigenvalue weighted by molar-refractivity contribution is -0.122. The van der Waals surface area contributed by atoms with Crippen LogP contribution in [0.4, 0.5) is 0 Å². The van der Waals surface area contributed by atoms with Gasteiger partial charge in [-0.3, -0.25) is 4.79 Å². The smallest absolute Gasteiger partial charge is 0.243 e.